The number of nitrogens with one attached hydrogen (secondary N) is 1. The average Bonchev–Trinajstić information content (AvgIpc) is 2.66. The number of allylic oxidation sites excluding steroid dienone is 8. The van der Waals surface area contributed by atoms with E-state index in [-0.39, 0.29) is 0 Å². The van der Waals surface area contributed by atoms with Crippen molar-refractivity contribution < 1.29 is 0 Å². The van der Waals surface area contributed by atoms with Crippen molar-refractivity contribution in [3.8, 4) is 0 Å². The van der Waals surface area contributed by atoms with Gasteiger partial charge < -0.3 is 5.32 Å². The molecule has 0 aromatic heterocycles. The highest BCUT2D eigenvalue weighted by atomic mass is 14.8. The first-order valence-electron chi connectivity index (χ1n) is 10.8. The molecule has 1 aliphatic carbocycles. The van der Waals surface area contributed by atoms with Crippen LogP contribution in [0.5, 0.6) is 0 Å². The Morgan fingerprint density at radius 1 is 1.15 bits per heavy atom. The van der Waals surface area contributed by atoms with Gasteiger partial charge in [-0.15, -0.1) is 6.58 Å². The summed E-state index contributed by atoms with van der Waals surface area (Å²) in [6, 6.07) is 0. The van der Waals surface area contributed by atoms with Crippen molar-refractivity contribution >= 4 is 0 Å². The molecule has 1 N–H and O–H groups in total. The van der Waals surface area contributed by atoms with Crippen molar-refractivity contribution in [1.29, 1.82) is 0 Å². The third-order valence-electron chi connectivity index (χ3n) is 5.28. The van der Waals surface area contributed by atoms with E-state index in [2.05, 4.69) is 80.6 Å². The van der Waals surface area contributed by atoms with Gasteiger partial charge in [0.15, 0.2) is 0 Å². The van der Waals surface area contributed by atoms with Gasteiger partial charge in [0, 0.05) is 6.54 Å². The molecule has 26 heavy (non-hydrogen) atoms. The lowest BCUT2D eigenvalue weighted by molar-refractivity contribution is 0.509. The lowest BCUT2D eigenvalue weighted by atomic mass is 9.91. The third kappa shape index (κ3) is 11.2. The second kappa shape index (κ2) is 15.7. The van der Waals surface area contributed by atoms with Crippen LogP contribution in [0, 0.1) is 17.8 Å². The molecule has 0 aliphatic heterocycles. The quantitative estimate of drug-likeness (QED) is 0.301. The molecule has 0 saturated heterocycles. The molecule has 0 spiro atoms. The van der Waals surface area contributed by atoms with Crippen LogP contribution in [0.15, 0.2) is 61.4 Å². The fourth-order valence-electron chi connectivity index (χ4n) is 3.46. The standard InChI is InChI=1S/C25H41N/c1-4-7-14-23(6-3)20-22-26-21-12-17-25-16-11-9-8-10-15-24(13-5-2)18-19-25/h4-5,7-9,18-20,22-26H,2,6,10-17,21H2,1,3H3/b7-4+,9-8-,19-18+,22-20-. The number of hydrogen-bond acceptors (Lipinski definition) is 1. The van der Waals surface area contributed by atoms with Gasteiger partial charge in [0.05, 0.1) is 0 Å². The Balaban J connectivity index is 2.33. The third-order valence-corrected chi connectivity index (χ3v) is 5.28. The van der Waals surface area contributed by atoms with E-state index in [0.717, 1.165) is 19.4 Å². The highest BCUT2D eigenvalue weighted by Crippen LogP contribution is 2.22. The minimum absolute atomic E-state index is 0.661. The Labute approximate surface area is 163 Å². The maximum absolute atomic E-state index is 3.91. The van der Waals surface area contributed by atoms with Crippen molar-refractivity contribution in [2.24, 2.45) is 17.8 Å². The van der Waals surface area contributed by atoms with Gasteiger partial charge in [-0.25, -0.2) is 0 Å². The topological polar surface area (TPSA) is 12.0 Å². The molecule has 3 atom stereocenters. The summed E-state index contributed by atoms with van der Waals surface area (Å²) in [6.07, 6.45) is 31.6. The minimum Gasteiger partial charge on any atom is -0.391 e. The Kier molecular flexibility index (Phi) is 13.6. The van der Waals surface area contributed by atoms with E-state index in [9.17, 15) is 0 Å². The lowest BCUT2D eigenvalue weighted by Crippen LogP contribution is -2.10. The van der Waals surface area contributed by atoms with E-state index in [4.69, 9.17) is 0 Å². The van der Waals surface area contributed by atoms with Crippen LogP contribution in [0.2, 0.25) is 0 Å². The monoisotopic (exact) mass is 355 g/mol. The summed E-state index contributed by atoms with van der Waals surface area (Å²) in [5, 5.41) is 3.49. The molecular weight excluding hydrogens is 314 g/mol. The molecule has 1 aliphatic rings. The molecule has 0 amide bonds. The van der Waals surface area contributed by atoms with Crippen molar-refractivity contribution in [3.05, 3.63) is 61.4 Å². The highest BCUT2D eigenvalue weighted by molar-refractivity contribution is 4.99. The predicted molar refractivity (Wildman–Crippen MR) is 118 cm³/mol. The van der Waals surface area contributed by atoms with Gasteiger partial charge in [-0.1, -0.05) is 55.5 Å². The van der Waals surface area contributed by atoms with Crippen molar-refractivity contribution in [1.82, 2.24) is 5.32 Å². The van der Waals surface area contributed by atoms with Crippen molar-refractivity contribution in [2.45, 2.75) is 71.6 Å². The molecular formula is C25H41N. The fraction of sp³-hybridized carbons (Fsp3) is 0.600. The van der Waals surface area contributed by atoms with Gasteiger partial charge in [-0.05, 0) is 88.7 Å². The van der Waals surface area contributed by atoms with Gasteiger partial charge in [0.25, 0.3) is 0 Å². The van der Waals surface area contributed by atoms with Crippen LogP contribution in [-0.4, -0.2) is 6.54 Å². The molecule has 1 nitrogen and oxygen atoms in total. The Hall–Kier alpha value is -1.50. The van der Waals surface area contributed by atoms with Crippen LogP contribution in [0.4, 0.5) is 0 Å². The SMILES string of the molecule is C=CCC1/C=C/C(CCCN/C=C\C(CC)C/C=C/C)CC/C=C\CC1. The molecule has 0 saturated carbocycles. The number of rotatable bonds is 11. The van der Waals surface area contributed by atoms with E-state index in [1.807, 2.05) is 0 Å². The van der Waals surface area contributed by atoms with Crippen LogP contribution in [0.25, 0.3) is 0 Å². The van der Waals surface area contributed by atoms with Gasteiger partial charge in [0.1, 0.15) is 0 Å². The summed E-state index contributed by atoms with van der Waals surface area (Å²) in [5.74, 6) is 2.05. The van der Waals surface area contributed by atoms with Crippen LogP contribution < -0.4 is 5.32 Å². The Morgan fingerprint density at radius 2 is 1.88 bits per heavy atom. The molecule has 0 fully saturated rings. The average molecular weight is 356 g/mol. The summed E-state index contributed by atoms with van der Waals surface area (Å²) in [4.78, 5) is 0. The predicted octanol–water partition coefficient (Wildman–Crippen LogP) is 7.36. The molecule has 1 heteroatoms. The minimum atomic E-state index is 0.661. The van der Waals surface area contributed by atoms with Crippen molar-refractivity contribution in [2.75, 3.05) is 6.54 Å². The maximum atomic E-state index is 3.91. The molecule has 1 rings (SSSR count). The Bertz CT molecular complexity index is 455. The van der Waals surface area contributed by atoms with E-state index in [1.165, 1.54) is 44.9 Å². The van der Waals surface area contributed by atoms with Crippen LogP contribution >= 0.6 is 0 Å². The lowest BCUT2D eigenvalue weighted by Gasteiger charge is -2.16. The fourth-order valence-corrected chi connectivity index (χ4v) is 3.46. The largest absolute Gasteiger partial charge is 0.391 e. The summed E-state index contributed by atoms with van der Waals surface area (Å²) in [7, 11) is 0. The normalized spacial score (nSPS) is 25.2. The zero-order valence-corrected chi connectivity index (χ0v) is 17.2. The Morgan fingerprint density at radius 3 is 2.58 bits per heavy atom. The van der Waals surface area contributed by atoms with E-state index in [1.54, 1.807) is 0 Å². The second-order valence-corrected chi connectivity index (χ2v) is 7.48. The summed E-state index contributed by atoms with van der Waals surface area (Å²) in [6.45, 7) is 9.35. The summed E-state index contributed by atoms with van der Waals surface area (Å²) in [5.41, 5.74) is 0. The molecule has 0 bridgehead atoms. The van der Waals surface area contributed by atoms with Gasteiger partial charge in [-0.2, -0.15) is 0 Å². The van der Waals surface area contributed by atoms with E-state index < -0.39 is 0 Å². The van der Waals surface area contributed by atoms with E-state index >= 15 is 0 Å². The van der Waals surface area contributed by atoms with Gasteiger partial charge >= 0.3 is 0 Å². The molecule has 0 radical (unpaired) electrons. The second-order valence-electron chi connectivity index (χ2n) is 7.48. The highest BCUT2D eigenvalue weighted by Gasteiger charge is 2.08. The van der Waals surface area contributed by atoms with Gasteiger partial charge in [0.2, 0.25) is 0 Å². The van der Waals surface area contributed by atoms with Crippen LogP contribution in [0.3, 0.4) is 0 Å². The molecule has 0 aromatic carbocycles. The molecule has 146 valence electrons. The zero-order valence-electron chi connectivity index (χ0n) is 17.2. The van der Waals surface area contributed by atoms with Crippen LogP contribution in [-0.2, 0) is 0 Å². The summed E-state index contributed by atoms with van der Waals surface area (Å²) < 4.78 is 0. The first-order valence-corrected chi connectivity index (χ1v) is 10.8. The maximum Gasteiger partial charge on any atom is 0.0141 e. The van der Waals surface area contributed by atoms with Crippen molar-refractivity contribution in [3.63, 3.8) is 0 Å². The first kappa shape index (κ1) is 22.5. The molecule has 3 unspecified atom stereocenters. The molecule has 0 heterocycles. The summed E-state index contributed by atoms with van der Waals surface area (Å²) >= 11 is 0. The number of hydrogen-bond donors (Lipinski definition) is 1. The zero-order chi connectivity index (χ0) is 18.9. The van der Waals surface area contributed by atoms with Gasteiger partial charge in [-0.3, -0.25) is 0 Å². The first-order chi connectivity index (χ1) is 12.8. The van der Waals surface area contributed by atoms with E-state index in [0.29, 0.717) is 17.8 Å². The smallest absolute Gasteiger partial charge is 0.0141 e. The van der Waals surface area contributed by atoms with Crippen LogP contribution in [0.1, 0.15) is 71.6 Å². The molecule has 0 aromatic rings.